The average Bonchev–Trinajstić information content (AvgIpc) is 2.70. The molecule has 11 heteroatoms. The molecule has 0 amide bonds. The first-order valence-corrected chi connectivity index (χ1v) is 9.50. The summed E-state index contributed by atoms with van der Waals surface area (Å²) in [5.74, 6) is -2.79. The van der Waals surface area contributed by atoms with Crippen LogP contribution in [-0.4, -0.2) is 66.5 Å². The SMILES string of the molecule is C[C@@H]1O[C@@H](O)[C@H](O)[C@H](Oc2c(-c3ccc(O)cc3O)oc3cc(O)cc(O)c3c2=O)[C@H]1O. The number of aromatic hydroxyl groups is 4. The highest BCUT2D eigenvalue weighted by atomic mass is 16.6. The van der Waals surface area contributed by atoms with Crippen LogP contribution in [0.15, 0.2) is 39.5 Å². The minimum atomic E-state index is -1.76. The largest absolute Gasteiger partial charge is 0.508 e. The molecule has 0 radical (unpaired) electrons. The van der Waals surface area contributed by atoms with Gasteiger partial charge in [-0.2, -0.15) is 0 Å². The van der Waals surface area contributed by atoms with Crippen LogP contribution >= 0.6 is 0 Å². The topological polar surface area (TPSA) is 190 Å². The second kappa shape index (κ2) is 7.88. The van der Waals surface area contributed by atoms with Crippen LogP contribution in [0.4, 0.5) is 0 Å². The van der Waals surface area contributed by atoms with Gasteiger partial charge in [-0.25, -0.2) is 0 Å². The summed E-state index contributed by atoms with van der Waals surface area (Å²) < 4.78 is 16.3. The number of rotatable bonds is 3. The van der Waals surface area contributed by atoms with Crippen molar-refractivity contribution < 1.29 is 49.6 Å². The van der Waals surface area contributed by atoms with Gasteiger partial charge in [0.15, 0.2) is 18.2 Å². The normalized spacial score (nSPS) is 25.7. The maximum absolute atomic E-state index is 13.3. The smallest absolute Gasteiger partial charge is 0.239 e. The second-order valence-corrected chi connectivity index (χ2v) is 7.42. The molecule has 2 aromatic carbocycles. The molecule has 5 atom stereocenters. The lowest BCUT2D eigenvalue weighted by molar-refractivity contribution is -0.272. The molecule has 170 valence electrons. The summed E-state index contributed by atoms with van der Waals surface area (Å²) in [6.45, 7) is 1.42. The van der Waals surface area contributed by atoms with E-state index in [-0.39, 0.29) is 28.0 Å². The standard InChI is InChI=1S/C21H20O11/c1-7-15(26)19(17(28)21(29)30-7)32-20-16(27)14-12(25)5-9(23)6-13(14)31-18(20)10-3-2-8(22)4-11(10)24/h2-7,15,17,19,21-26,28-29H,1H3/t7-,15-,17+,19+,21+/m0/s1. The van der Waals surface area contributed by atoms with Crippen LogP contribution in [-0.2, 0) is 4.74 Å². The third-order valence-corrected chi connectivity index (χ3v) is 5.20. The number of aliphatic hydroxyl groups is 3. The maximum atomic E-state index is 13.3. The predicted molar refractivity (Wildman–Crippen MR) is 108 cm³/mol. The van der Waals surface area contributed by atoms with Gasteiger partial charge in [0, 0.05) is 18.2 Å². The quantitative estimate of drug-likeness (QED) is 0.295. The van der Waals surface area contributed by atoms with Gasteiger partial charge in [0.2, 0.25) is 11.2 Å². The number of fused-ring (bicyclic) bond motifs is 1. The summed E-state index contributed by atoms with van der Waals surface area (Å²) in [5, 5.41) is 70.1. The number of aliphatic hydroxyl groups excluding tert-OH is 3. The molecule has 32 heavy (non-hydrogen) atoms. The Balaban J connectivity index is 1.97. The van der Waals surface area contributed by atoms with Crippen LogP contribution in [0.1, 0.15) is 6.92 Å². The van der Waals surface area contributed by atoms with E-state index in [1.54, 1.807) is 0 Å². The third kappa shape index (κ3) is 3.56. The molecule has 2 heterocycles. The van der Waals surface area contributed by atoms with Crippen LogP contribution in [0.25, 0.3) is 22.3 Å². The molecule has 0 aliphatic carbocycles. The third-order valence-electron chi connectivity index (χ3n) is 5.20. The Morgan fingerprint density at radius 1 is 0.906 bits per heavy atom. The number of benzene rings is 2. The van der Waals surface area contributed by atoms with Crippen molar-refractivity contribution in [2.45, 2.75) is 37.6 Å². The van der Waals surface area contributed by atoms with Gasteiger partial charge < -0.3 is 49.6 Å². The summed E-state index contributed by atoms with van der Waals surface area (Å²) >= 11 is 0. The van der Waals surface area contributed by atoms with Crippen LogP contribution < -0.4 is 10.2 Å². The number of phenolic OH excluding ortho intramolecular Hbond substituents is 4. The molecular weight excluding hydrogens is 428 g/mol. The Labute approximate surface area is 179 Å². The molecule has 3 aromatic rings. The lowest BCUT2D eigenvalue weighted by atomic mass is 9.99. The lowest BCUT2D eigenvalue weighted by Crippen LogP contribution is -2.59. The molecule has 1 aliphatic heterocycles. The molecule has 7 N–H and O–H groups in total. The van der Waals surface area contributed by atoms with Crippen molar-refractivity contribution in [1.29, 1.82) is 0 Å². The van der Waals surface area contributed by atoms with E-state index in [0.29, 0.717) is 0 Å². The molecule has 0 unspecified atom stereocenters. The number of phenols is 4. The Morgan fingerprint density at radius 2 is 1.59 bits per heavy atom. The zero-order valence-corrected chi connectivity index (χ0v) is 16.5. The molecule has 1 fully saturated rings. The van der Waals surface area contributed by atoms with Crippen LogP contribution in [0.2, 0.25) is 0 Å². The number of ether oxygens (including phenoxy) is 2. The van der Waals surface area contributed by atoms with E-state index in [4.69, 9.17) is 13.9 Å². The summed E-state index contributed by atoms with van der Waals surface area (Å²) in [4.78, 5) is 13.3. The average molecular weight is 448 g/mol. The predicted octanol–water partition coefficient (Wildman–Crippen LogP) is 0.489. The van der Waals surface area contributed by atoms with Gasteiger partial charge in [0.25, 0.3) is 0 Å². The van der Waals surface area contributed by atoms with Gasteiger partial charge in [0.05, 0.1) is 11.7 Å². The fraction of sp³-hybridized carbons (Fsp3) is 0.286. The van der Waals surface area contributed by atoms with E-state index in [2.05, 4.69) is 0 Å². The molecule has 0 spiro atoms. The zero-order chi connectivity index (χ0) is 23.3. The second-order valence-electron chi connectivity index (χ2n) is 7.42. The fourth-order valence-corrected chi connectivity index (χ4v) is 3.55. The van der Waals surface area contributed by atoms with E-state index >= 15 is 0 Å². The highest BCUT2D eigenvalue weighted by Crippen LogP contribution is 2.41. The van der Waals surface area contributed by atoms with Gasteiger partial charge >= 0.3 is 0 Å². The Hall–Kier alpha value is -3.51. The first-order valence-electron chi connectivity index (χ1n) is 9.50. The van der Waals surface area contributed by atoms with Crippen LogP contribution in [0.5, 0.6) is 28.7 Å². The Bertz CT molecular complexity index is 1220. The minimum absolute atomic E-state index is 0.107. The monoisotopic (exact) mass is 448 g/mol. The lowest BCUT2D eigenvalue weighted by Gasteiger charge is -2.39. The number of hydrogen-bond donors (Lipinski definition) is 7. The van der Waals surface area contributed by atoms with Crippen molar-refractivity contribution in [3.63, 3.8) is 0 Å². The van der Waals surface area contributed by atoms with Gasteiger partial charge in [0.1, 0.15) is 46.2 Å². The maximum Gasteiger partial charge on any atom is 0.239 e. The Kier molecular flexibility index (Phi) is 5.34. The van der Waals surface area contributed by atoms with Crippen molar-refractivity contribution in [2.75, 3.05) is 0 Å². The van der Waals surface area contributed by atoms with E-state index in [9.17, 15) is 40.5 Å². The van der Waals surface area contributed by atoms with Crippen molar-refractivity contribution in [1.82, 2.24) is 0 Å². The van der Waals surface area contributed by atoms with Gasteiger partial charge in [-0.3, -0.25) is 4.79 Å². The summed E-state index contributed by atoms with van der Waals surface area (Å²) in [6.07, 6.45) is -7.47. The van der Waals surface area contributed by atoms with Crippen molar-refractivity contribution in [3.05, 3.63) is 40.6 Å². The first kappa shape index (κ1) is 21.7. The highest BCUT2D eigenvalue weighted by molar-refractivity contribution is 5.88. The van der Waals surface area contributed by atoms with E-state index < -0.39 is 59.1 Å². The molecule has 1 aliphatic rings. The molecule has 1 saturated heterocycles. The molecular formula is C21H20O11. The van der Waals surface area contributed by atoms with Gasteiger partial charge in [-0.1, -0.05) is 0 Å². The first-order chi connectivity index (χ1) is 15.1. The highest BCUT2D eigenvalue weighted by Gasteiger charge is 2.44. The van der Waals surface area contributed by atoms with Gasteiger partial charge in [-0.05, 0) is 19.1 Å². The van der Waals surface area contributed by atoms with Crippen LogP contribution in [0, 0.1) is 0 Å². The molecule has 4 rings (SSSR count). The summed E-state index contributed by atoms with van der Waals surface area (Å²) in [7, 11) is 0. The van der Waals surface area contributed by atoms with E-state index in [0.717, 1.165) is 18.2 Å². The molecule has 11 nitrogen and oxygen atoms in total. The minimum Gasteiger partial charge on any atom is -0.508 e. The van der Waals surface area contributed by atoms with Crippen LogP contribution in [0.3, 0.4) is 0 Å². The van der Waals surface area contributed by atoms with E-state index in [1.165, 1.54) is 19.1 Å². The molecule has 0 bridgehead atoms. The van der Waals surface area contributed by atoms with Gasteiger partial charge in [-0.15, -0.1) is 0 Å². The van der Waals surface area contributed by atoms with Crippen molar-refractivity contribution >= 4 is 11.0 Å². The summed E-state index contributed by atoms with van der Waals surface area (Å²) in [6, 6.07) is 5.37. The fourth-order valence-electron chi connectivity index (χ4n) is 3.55. The summed E-state index contributed by atoms with van der Waals surface area (Å²) in [5.41, 5.74) is -1.30. The van der Waals surface area contributed by atoms with Crippen molar-refractivity contribution in [3.8, 4) is 40.1 Å². The van der Waals surface area contributed by atoms with E-state index in [1.807, 2.05) is 0 Å². The molecule has 1 aromatic heterocycles. The van der Waals surface area contributed by atoms with Crippen molar-refractivity contribution in [2.24, 2.45) is 0 Å². The number of hydrogen-bond acceptors (Lipinski definition) is 11. The molecule has 0 saturated carbocycles. The Morgan fingerprint density at radius 3 is 2.28 bits per heavy atom. The zero-order valence-electron chi connectivity index (χ0n) is 16.5.